The van der Waals surface area contributed by atoms with Gasteiger partial charge in [-0.25, -0.2) is 0 Å². The van der Waals surface area contributed by atoms with E-state index in [-0.39, 0.29) is 5.81 Å². The topological polar surface area (TPSA) is 29.1 Å². The van der Waals surface area contributed by atoms with Crippen molar-refractivity contribution in [1.29, 1.82) is 0 Å². The first-order chi connectivity index (χ1) is 6.77. The van der Waals surface area contributed by atoms with Crippen molar-refractivity contribution in [1.82, 2.24) is 0 Å². The second kappa shape index (κ2) is 3.54. The lowest BCUT2D eigenvalue weighted by Gasteiger charge is -2.06. The van der Waals surface area contributed by atoms with E-state index in [0.29, 0.717) is 0 Å². The van der Waals surface area contributed by atoms with Gasteiger partial charge in [0, 0.05) is 11.1 Å². The van der Waals surface area contributed by atoms with Gasteiger partial charge in [0.05, 0.1) is 0 Å². The fraction of sp³-hybridized carbons (Fsp3) is 0. The number of rotatable bonds is 1. The van der Waals surface area contributed by atoms with Crippen molar-refractivity contribution in [3.63, 3.8) is 0 Å². The molecule has 0 saturated heterocycles. The van der Waals surface area contributed by atoms with E-state index in [0.717, 1.165) is 16.5 Å². The molecule has 2 nitrogen and oxygen atoms in total. The van der Waals surface area contributed by atoms with Gasteiger partial charge in [-0.2, -0.15) is 0 Å². The number of hydrogen-bond acceptors (Lipinski definition) is 1. The summed E-state index contributed by atoms with van der Waals surface area (Å²) < 4.78 is 0. The maximum atomic E-state index is 10.9. The van der Waals surface area contributed by atoms with Gasteiger partial charge in [0.1, 0.15) is 0 Å². The summed E-state index contributed by atoms with van der Waals surface area (Å²) >= 11 is 0. The quantitative estimate of drug-likeness (QED) is 0.673. The Morgan fingerprint density at radius 3 is 2.57 bits per heavy atom. The van der Waals surface area contributed by atoms with Gasteiger partial charge in [-0.15, -0.1) is 0 Å². The molecule has 1 N–H and O–H groups in total. The smallest absolute Gasteiger partial charge is 0.216 e. The van der Waals surface area contributed by atoms with Crippen molar-refractivity contribution in [3.8, 4) is 0 Å². The molecule has 0 unspecified atom stereocenters. The highest BCUT2D eigenvalue weighted by Gasteiger charge is 2.00. The maximum absolute atomic E-state index is 10.9. The first kappa shape index (κ1) is 8.82. The molecule has 68 valence electrons. The van der Waals surface area contributed by atoms with Crippen molar-refractivity contribution in [2.75, 3.05) is 5.32 Å². The third-order valence-corrected chi connectivity index (χ3v) is 2.10. The Hall–Kier alpha value is -1.77. The van der Waals surface area contributed by atoms with Gasteiger partial charge in [0.2, 0.25) is 7.85 Å². The summed E-state index contributed by atoms with van der Waals surface area (Å²) in [6.07, 6.45) is 0. The summed E-state index contributed by atoms with van der Waals surface area (Å²) in [7, 11) is 1.52. The summed E-state index contributed by atoms with van der Waals surface area (Å²) in [5, 5.41) is 5.02. The van der Waals surface area contributed by atoms with Crippen LogP contribution in [0.4, 0.5) is 10.5 Å². The normalized spacial score (nSPS) is 10.0. The molecule has 0 aromatic heterocycles. The molecular weight excluding hydrogens is 173 g/mol. The van der Waals surface area contributed by atoms with Gasteiger partial charge in [-0.3, -0.25) is 4.79 Å². The van der Waals surface area contributed by atoms with E-state index >= 15 is 0 Å². The number of amides is 1. The molecule has 0 atom stereocenters. The highest BCUT2D eigenvalue weighted by atomic mass is 16.1. The van der Waals surface area contributed by atoms with Gasteiger partial charge >= 0.3 is 0 Å². The van der Waals surface area contributed by atoms with Crippen LogP contribution in [0.1, 0.15) is 0 Å². The summed E-state index contributed by atoms with van der Waals surface area (Å²) in [4.78, 5) is 10.9. The first-order valence-electron chi connectivity index (χ1n) is 4.53. The molecular formula is C11H10BNO. The van der Waals surface area contributed by atoms with Crippen molar-refractivity contribution in [2.24, 2.45) is 0 Å². The van der Waals surface area contributed by atoms with Gasteiger partial charge in [-0.1, -0.05) is 36.4 Å². The van der Waals surface area contributed by atoms with Gasteiger partial charge in [-0.05, 0) is 11.5 Å². The Morgan fingerprint density at radius 2 is 1.79 bits per heavy atom. The van der Waals surface area contributed by atoms with Crippen molar-refractivity contribution in [3.05, 3.63) is 42.5 Å². The standard InChI is InChI=1S/C11H10BNO/c12-11(14)13-10-7-3-5-8-4-1-2-6-9(8)10/h1-7H,12H2,(H,13,14). The average Bonchev–Trinajstić information content (AvgIpc) is 2.18. The first-order valence-corrected chi connectivity index (χ1v) is 4.53. The molecule has 14 heavy (non-hydrogen) atoms. The lowest BCUT2D eigenvalue weighted by atomic mass is 10.1. The number of anilines is 1. The Balaban J connectivity index is 2.59. The van der Waals surface area contributed by atoms with E-state index in [1.807, 2.05) is 42.5 Å². The highest BCUT2D eigenvalue weighted by Crippen LogP contribution is 2.22. The Kier molecular flexibility index (Phi) is 2.23. The number of carbonyl (C=O) groups is 1. The van der Waals surface area contributed by atoms with Crippen molar-refractivity contribution in [2.45, 2.75) is 0 Å². The van der Waals surface area contributed by atoms with Gasteiger partial charge < -0.3 is 5.32 Å². The minimum atomic E-state index is -0.0404. The third-order valence-electron chi connectivity index (χ3n) is 2.10. The number of carbonyl (C=O) groups excluding carboxylic acids is 1. The van der Waals surface area contributed by atoms with Crippen LogP contribution in [0.15, 0.2) is 42.5 Å². The molecule has 2 aromatic carbocycles. The zero-order valence-electron chi connectivity index (χ0n) is 7.95. The van der Waals surface area contributed by atoms with Crippen LogP contribution >= 0.6 is 0 Å². The Bertz CT molecular complexity index is 476. The zero-order valence-corrected chi connectivity index (χ0v) is 7.95. The molecule has 2 aromatic rings. The number of nitrogens with one attached hydrogen (secondary N) is 1. The molecule has 3 heteroatoms. The predicted octanol–water partition coefficient (Wildman–Crippen LogP) is 2.00. The van der Waals surface area contributed by atoms with Crippen LogP contribution < -0.4 is 5.32 Å². The minimum Gasteiger partial charge on any atom is -0.335 e. The van der Waals surface area contributed by atoms with E-state index in [2.05, 4.69) is 5.32 Å². The molecule has 0 aliphatic carbocycles. The summed E-state index contributed by atoms with van der Waals surface area (Å²) in [5.74, 6) is -0.0404. The van der Waals surface area contributed by atoms with Crippen LogP contribution in [0.5, 0.6) is 0 Å². The molecule has 0 heterocycles. The van der Waals surface area contributed by atoms with E-state index < -0.39 is 0 Å². The van der Waals surface area contributed by atoms with Crippen LogP contribution in [0.3, 0.4) is 0 Å². The third kappa shape index (κ3) is 1.62. The summed E-state index contributed by atoms with van der Waals surface area (Å²) in [5.41, 5.74) is 0.871. The highest BCUT2D eigenvalue weighted by molar-refractivity contribution is 6.60. The van der Waals surface area contributed by atoms with Crippen molar-refractivity contribution < 1.29 is 4.79 Å². The second-order valence-electron chi connectivity index (χ2n) is 3.21. The van der Waals surface area contributed by atoms with Crippen LogP contribution in [0, 0.1) is 0 Å². The minimum absolute atomic E-state index is 0.0404. The SMILES string of the molecule is BC(=O)Nc1cccc2ccccc12. The van der Waals surface area contributed by atoms with Crippen LogP contribution in [-0.2, 0) is 0 Å². The molecule has 1 amide bonds. The van der Waals surface area contributed by atoms with Crippen LogP contribution in [0.2, 0.25) is 0 Å². The number of fused-ring (bicyclic) bond motifs is 1. The number of hydrogen-bond donors (Lipinski definition) is 1. The van der Waals surface area contributed by atoms with Crippen LogP contribution in [0.25, 0.3) is 10.8 Å². The van der Waals surface area contributed by atoms with E-state index in [4.69, 9.17) is 0 Å². The lowest BCUT2D eigenvalue weighted by molar-refractivity contribution is 0.269. The molecule has 0 radical (unpaired) electrons. The molecule has 0 aliphatic rings. The Labute approximate surface area is 83.3 Å². The van der Waals surface area contributed by atoms with Crippen LogP contribution in [-0.4, -0.2) is 13.7 Å². The molecule has 0 bridgehead atoms. The lowest BCUT2D eigenvalue weighted by Crippen LogP contribution is -2.08. The molecule has 2 rings (SSSR count). The summed E-state index contributed by atoms with van der Waals surface area (Å²) in [6.45, 7) is 0. The summed E-state index contributed by atoms with van der Waals surface area (Å²) in [6, 6.07) is 13.9. The Morgan fingerprint density at radius 1 is 1.07 bits per heavy atom. The molecule has 0 spiro atoms. The molecule has 0 fully saturated rings. The van der Waals surface area contributed by atoms with Gasteiger partial charge in [0.15, 0.2) is 5.81 Å². The van der Waals surface area contributed by atoms with E-state index in [1.165, 1.54) is 7.85 Å². The fourth-order valence-electron chi connectivity index (χ4n) is 1.52. The van der Waals surface area contributed by atoms with E-state index in [9.17, 15) is 4.79 Å². The second-order valence-corrected chi connectivity index (χ2v) is 3.21. The van der Waals surface area contributed by atoms with Gasteiger partial charge in [0.25, 0.3) is 0 Å². The monoisotopic (exact) mass is 183 g/mol. The van der Waals surface area contributed by atoms with Crippen molar-refractivity contribution >= 4 is 30.1 Å². The zero-order chi connectivity index (χ0) is 9.97. The molecule has 0 saturated carbocycles. The molecule has 0 aliphatic heterocycles. The maximum Gasteiger partial charge on any atom is 0.216 e. The predicted molar refractivity (Wildman–Crippen MR) is 61.5 cm³/mol. The largest absolute Gasteiger partial charge is 0.335 e. The fourth-order valence-corrected chi connectivity index (χ4v) is 1.52. The van der Waals surface area contributed by atoms with E-state index in [1.54, 1.807) is 0 Å². The number of benzene rings is 2. The average molecular weight is 183 g/mol.